The monoisotopic (exact) mass is 245 g/mol. The third-order valence-corrected chi connectivity index (χ3v) is 3.29. The molecule has 0 bridgehead atoms. The smallest absolute Gasteiger partial charge is 0.406 e. The van der Waals surface area contributed by atoms with Crippen molar-refractivity contribution in [1.29, 1.82) is 0 Å². The summed E-state index contributed by atoms with van der Waals surface area (Å²) < 4.78 is 39.6. The van der Waals surface area contributed by atoms with E-state index in [1.54, 1.807) is 12.1 Å². The molecular formula is C12H14F3NO. The first-order valence-electron chi connectivity index (χ1n) is 5.49. The summed E-state index contributed by atoms with van der Waals surface area (Å²) in [6, 6.07) is 5.96. The first-order valence-corrected chi connectivity index (χ1v) is 5.49. The van der Waals surface area contributed by atoms with E-state index in [1.807, 2.05) is 6.92 Å². The minimum absolute atomic E-state index is 0.174. The van der Waals surface area contributed by atoms with Crippen molar-refractivity contribution in [2.45, 2.75) is 37.6 Å². The van der Waals surface area contributed by atoms with E-state index in [9.17, 15) is 13.2 Å². The number of nitrogens with two attached hydrogens (primary N) is 1. The van der Waals surface area contributed by atoms with Crippen LogP contribution in [0.2, 0.25) is 0 Å². The van der Waals surface area contributed by atoms with E-state index >= 15 is 0 Å². The van der Waals surface area contributed by atoms with Gasteiger partial charge in [0, 0.05) is 11.5 Å². The van der Waals surface area contributed by atoms with E-state index in [1.165, 1.54) is 12.1 Å². The van der Waals surface area contributed by atoms with Crippen molar-refractivity contribution >= 4 is 0 Å². The molecule has 0 radical (unpaired) electrons. The fourth-order valence-electron chi connectivity index (χ4n) is 2.06. The highest BCUT2D eigenvalue weighted by Gasteiger charge is 2.49. The molecule has 1 saturated carbocycles. The van der Waals surface area contributed by atoms with Gasteiger partial charge in [-0.25, -0.2) is 0 Å². The number of benzene rings is 1. The lowest BCUT2D eigenvalue weighted by Crippen LogP contribution is -2.22. The van der Waals surface area contributed by atoms with Gasteiger partial charge in [-0.1, -0.05) is 19.1 Å². The molecular weight excluding hydrogens is 231 g/mol. The summed E-state index contributed by atoms with van der Waals surface area (Å²) in [4.78, 5) is 0. The Hall–Kier alpha value is -1.23. The highest BCUT2D eigenvalue weighted by atomic mass is 19.4. The SMILES string of the molecule is CC[C@@]1(N)C[C@@H]1c1ccc(OC(F)(F)F)cc1. The van der Waals surface area contributed by atoms with Crippen LogP contribution in [0.5, 0.6) is 5.75 Å². The van der Waals surface area contributed by atoms with Gasteiger partial charge in [-0.15, -0.1) is 13.2 Å². The molecule has 1 aliphatic carbocycles. The molecule has 0 amide bonds. The van der Waals surface area contributed by atoms with Gasteiger partial charge in [-0.2, -0.15) is 0 Å². The van der Waals surface area contributed by atoms with E-state index in [-0.39, 0.29) is 17.2 Å². The Balaban J connectivity index is 2.05. The minimum atomic E-state index is -4.64. The average molecular weight is 245 g/mol. The molecule has 1 aromatic rings. The number of hydrogen-bond acceptors (Lipinski definition) is 2. The van der Waals surface area contributed by atoms with Crippen molar-refractivity contribution in [2.24, 2.45) is 5.73 Å². The molecule has 2 N–H and O–H groups in total. The molecule has 2 nitrogen and oxygen atoms in total. The van der Waals surface area contributed by atoms with Gasteiger partial charge in [-0.3, -0.25) is 0 Å². The van der Waals surface area contributed by atoms with Gasteiger partial charge in [0.25, 0.3) is 0 Å². The number of alkyl halides is 3. The lowest BCUT2D eigenvalue weighted by atomic mass is 10.0. The highest BCUT2D eigenvalue weighted by molar-refractivity contribution is 5.36. The van der Waals surface area contributed by atoms with Crippen LogP contribution in [0.1, 0.15) is 31.2 Å². The van der Waals surface area contributed by atoms with Crippen LogP contribution < -0.4 is 10.5 Å². The van der Waals surface area contributed by atoms with Crippen LogP contribution >= 0.6 is 0 Å². The summed E-state index contributed by atoms with van der Waals surface area (Å²) in [7, 11) is 0. The van der Waals surface area contributed by atoms with Crippen molar-refractivity contribution in [3.8, 4) is 5.75 Å². The van der Waals surface area contributed by atoms with Crippen LogP contribution in [0.3, 0.4) is 0 Å². The lowest BCUT2D eigenvalue weighted by Gasteiger charge is -2.10. The molecule has 0 aromatic heterocycles. The lowest BCUT2D eigenvalue weighted by molar-refractivity contribution is -0.274. The zero-order valence-electron chi connectivity index (χ0n) is 9.42. The Labute approximate surface area is 97.6 Å². The molecule has 0 heterocycles. The summed E-state index contributed by atoms with van der Waals surface area (Å²) >= 11 is 0. The first-order chi connectivity index (χ1) is 7.84. The minimum Gasteiger partial charge on any atom is -0.406 e. The molecule has 17 heavy (non-hydrogen) atoms. The summed E-state index contributed by atoms with van der Waals surface area (Å²) in [5.74, 6) is 0.0634. The third kappa shape index (κ3) is 2.72. The second kappa shape index (κ2) is 3.91. The molecule has 1 fully saturated rings. The van der Waals surface area contributed by atoms with E-state index < -0.39 is 6.36 Å². The highest BCUT2D eigenvalue weighted by Crippen LogP contribution is 2.51. The fraction of sp³-hybridized carbons (Fsp3) is 0.500. The van der Waals surface area contributed by atoms with E-state index in [0.717, 1.165) is 18.4 Å². The van der Waals surface area contributed by atoms with E-state index in [2.05, 4.69) is 4.74 Å². The molecule has 0 aliphatic heterocycles. The molecule has 2 atom stereocenters. The average Bonchev–Trinajstić information content (AvgIpc) is 2.91. The zero-order chi connectivity index (χ0) is 12.7. The maximum atomic E-state index is 11.9. The number of hydrogen-bond donors (Lipinski definition) is 1. The van der Waals surface area contributed by atoms with Gasteiger partial charge in [0.05, 0.1) is 0 Å². The Bertz CT molecular complexity index is 401. The molecule has 0 spiro atoms. The Morgan fingerprint density at radius 3 is 2.35 bits per heavy atom. The summed E-state index contributed by atoms with van der Waals surface area (Å²) in [5, 5.41) is 0. The van der Waals surface area contributed by atoms with Gasteiger partial charge in [-0.05, 0) is 30.5 Å². The van der Waals surface area contributed by atoms with Crippen molar-refractivity contribution in [3.05, 3.63) is 29.8 Å². The van der Waals surface area contributed by atoms with E-state index in [0.29, 0.717) is 0 Å². The van der Waals surface area contributed by atoms with Crippen LogP contribution in [0.25, 0.3) is 0 Å². The molecule has 0 saturated heterocycles. The predicted octanol–water partition coefficient (Wildman–Crippen LogP) is 3.18. The van der Waals surface area contributed by atoms with Crippen molar-refractivity contribution < 1.29 is 17.9 Å². The summed E-state index contributed by atoms with van der Waals surface area (Å²) in [6.07, 6.45) is -2.87. The molecule has 5 heteroatoms. The number of rotatable bonds is 3. The van der Waals surface area contributed by atoms with Crippen molar-refractivity contribution in [1.82, 2.24) is 0 Å². The second-order valence-corrected chi connectivity index (χ2v) is 4.46. The van der Waals surface area contributed by atoms with Gasteiger partial charge in [0.2, 0.25) is 0 Å². The topological polar surface area (TPSA) is 35.2 Å². The maximum Gasteiger partial charge on any atom is 0.573 e. The Kier molecular flexibility index (Phi) is 2.81. The number of ether oxygens (including phenoxy) is 1. The maximum absolute atomic E-state index is 11.9. The van der Waals surface area contributed by atoms with Gasteiger partial charge in [0.1, 0.15) is 5.75 Å². The van der Waals surface area contributed by atoms with E-state index in [4.69, 9.17) is 5.73 Å². The molecule has 0 unspecified atom stereocenters. The number of halogens is 3. The van der Waals surface area contributed by atoms with Crippen LogP contribution in [-0.2, 0) is 0 Å². The zero-order valence-corrected chi connectivity index (χ0v) is 9.42. The van der Waals surface area contributed by atoms with Crippen LogP contribution in [0.15, 0.2) is 24.3 Å². The normalized spacial score (nSPS) is 27.9. The second-order valence-electron chi connectivity index (χ2n) is 4.46. The van der Waals surface area contributed by atoms with Gasteiger partial charge >= 0.3 is 6.36 Å². The summed E-state index contributed by atoms with van der Waals surface area (Å²) in [5.41, 5.74) is 6.85. The quantitative estimate of drug-likeness (QED) is 0.887. The summed E-state index contributed by atoms with van der Waals surface area (Å²) in [6.45, 7) is 2.02. The van der Waals surface area contributed by atoms with Crippen molar-refractivity contribution in [3.63, 3.8) is 0 Å². The van der Waals surface area contributed by atoms with Gasteiger partial charge in [0.15, 0.2) is 0 Å². The van der Waals surface area contributed by atoms with Crippen LogP contribution in [0.4, 0.5) is 13.2 Å². The molecule has 1 aromatic carbocycles. The molecule has 1 aliphatic rings. The standard InChI is InChI=1S/C12H14F3NO/c1-2-11(16)7-10(11)8-3-5-9(6-4-8)17-12(13,14)15/h3-6,10H,2,7,16H2,1H3/t10-,11-/m1/s1. The van der Waals surface area contributed by atoms with Crippen LogP contribution in [-0.4, -0.2) is 11.9 Å². The molecule has 2 rings (SSSR count). The largest absolute Gasteiger partial charge is 0.573 e. The van der Waals surface area contributed by atoms with Crippen molar-refractivity contribution in [2.75, 3.05) is 0 Å². The molecule has 94 valence electrons. The fourth-order valence-corrected chi connectivity index (χ4v) is 2.06. The predicted molar refractivity (Wildman–Crippen MR) is 57.7 cm³/mol. The Morgan fingerprint density at radius 1 is 1.35 bits per heavy atom. The third-order valence-electron chi connectivity index (χ3n) is 3.29. The first kappa shape index (κ1) is 12.2. The Morgan fingerprint density at radius 2 is 1.94 bits per heavy atom. The van der Waals surface area contributed by atoms with Gasteiger partial charge < -0.3 is 10.5 Å². The van der Waals surface area contributed by atoms with Crippen LogP contribution in [0, 0.1) is 0 Å².